The van der Waals surface area contributed by atoms with Gasteiger partial charge in [0.05, 0.1) is 0 Å². The van der Waals surface area contributed by atoms with Crippen LogP contribution in [0.5, 0.6) is 0 Å². The zero-order chi connectivity index (χ0) is 11.0. The summed E-state index contributed by atoms with van der Waals surface area (Å²) in [6.45, 7) is 2.36. The van der Waals surface area contributed by atoms with Crippen LogP contribution in [-0.4, -0.2) is 30.1 Å². The highest BCUT2D eigenvalue weighted by Crippen LogP contribution is 2.45. The molecular formula is C14H20N2. The van der Waals surface area contributed by atoms with Crippen LogP contribution in [0.2, 0.25) is 0 Å². The highest BCUT2D eigenvalue weighted by Gasteiger charge is 2.43. The number of rotatable bonds is 2. The zero-order valence-corrected chi connectivity index (χ0v) is 9.68. The first kappa shape index (κ1) is 10.3. The van der Waals surface area contributed by atoms with E-state index in [9.17, 15) is 0 Å². The van der Waals surface area contributed by atoms with Crippen molar-refractivity contribution in [3.63, 3.8) is 0 Å². The lowest BCUT2D eigenvalue weighted by Crippen LogP contribution is -2.44. The van der Waals surface area contributed by atoms with E-state index in [2.05, 4.69) is 35.2 Å². The first-order valence-electron chi connectivity index (χ1n) is 6.39. The van der Waals surface area contributed by atoms with E-state index in [0.717, 1.165) is 18.5 Å². The molecule has 1 aliphatic heterocycles. The molecule has 86 valence electrons. The van der Waals surface area contributed by atoms with Crippen molar-refractivity contribution < 1.29 is 0 Å². The van der Waals surface area contributed by atoms with Crippen LogP contribution in [0.25, 0.3) is 0 Å². The summed E-state index contributed by atoms with van der Waals surface area (Å²) in [5, 5.41) is 0. The normalized spacial score (nSPS) is 34.9. The molecule has 2 heteroatoms. The maximum absolute atomic E-state index is 6.03. The van der Waals surface area contributed by atoms with Crippen molar-refractivity contribution in [1.29, 1.82) is 0 Å². The molecule has 0 bridgehead atoms. The van der Waals surface area contributed by atoms with E-state index in [-0.39, 0.29) is 0 Å². The lowest BCUT2D eigenvalue weighted by molar-refractivity contribution is 0.197. The van der Waals surface area contributed by atoms with Crippen LogP contribution in [0.3, 0.4) is 0 Å². The van der Waals surface area contributed by atoms with Crippen molar-refractivity contribution in [2.45, 2.75) is 37.3 Å². The first-order valence-corrected chi connectivity index (χ1v) is 6.39. The number of likely N-dealkylation sites (tertiary alicyclic amines) is 1. The average Bonchev–Trinajstić information content (AvgIpc) is 3.10. The summed E-state index contributed by atoms with van der Waals surface area (Å²) in [7, 11) is 0. The fourth-order valence-corrected chi connectivity index (χ4v) is 2.99. The van der Waals surface area contributed by atoms with E-state index in [4.69, 9.17) is 5.73 Å². The average molecular weight is 216 g/mol. The summed E-state index contributed by atoms with van der Waals surface area (Å²) in [6, 6.07) is 12.1. The predicted octanol–water partition coefficient (Wildman–Crippen LogP) is 1.97. The molecule has 1 saturated carbocycles. The minimum atomic E-state index is 0.408. The van der Waals surface area contributed by atoms with Gasteiger partial charge < -0.3 is 5.73 Å². The van der Waals surface area contributed by atoms with E-state index in [1.807, 2.05) is 0 Å². The molecule has 1 saturated heterocycles. The van der Waals surface area contributed by atoms with Gasteiger partial charge in [-0.05, 0) is 31.4 Å². The quantitative estimate of drug-likeness (QED) is 0.819. The van der Waals surface area contributed by atoms with E-state index < -0.39 is 0 Å². The van der Waals surface area contributed by atoms with Crippen LogP contribution in [0.4, 0.5) is 0 Å². The maximum atomic E-state index is 6.03. The summed E-state index contributed by atoms with van der Waals surface area (Å²) in [5.74, 6) is 0.770. The van der Waals surface area contributed by atoms with E-state index in [1.54, 1.807) is 0 Å². The van der Waals surface area contributed by atoms with Gasteiger partial charge in [0, 0.05) is 24.5 Å². The fourth-order valence-electron chi connectivity index (χ4n) is 2.99. The number of hydrogen-bond acceptors (Lipinski definition) is 2. The molecule has 1 heterocycles. The first-order chi connectivity index (χ1) is 7.84. The minimum absolute atomic E-state index is 0.408. The van der Waals surface area contributed by atoms with Gasteiger partial charge in [0.25, 0.3) is 0 Å². The van der Waals surface area contributed by atoms with Crippen LogP contribution in [0.15, 0.2) is 30.3 Å². The highest BCUT2D eigenvalue weighted by molar-refractivity contribution is 5.27. The summed E-state index contributed by atoms with van der Waals surface area (Å²) in [5.41, 5.74) is 7.54. The third kappa shape index (κ3) is 2.00. The molecule has 0 spiro atoms. The molecule has 0 radical (unpaired) electrons. The van der Waals surface area contributed by atoms with Gasteiger partial charge in [-0.1, -0.05) is 30.3 Å². The molecule has 1 aliphatic carbocycles. The molecule has 1 aromatic carbocycles. The summed E-state index contributed by atoms with van der Waals surface area (Å²) in [4.78, 5) is 2.60. The van der Waals surface area contributed by atoms with Gasteiger partial charge in [0.15, 0.2) is 0 Å². The van der Waals surface area contributed by atoms with Crippen LogP contribution >= 0.6 is 0 Å². The van der Waals surface area contributed by atoms with Gasteiger partial charge in [-0.2, -0.15) is 0 Å². The Morgan fingerprint density at radius 3 is 2.75 bits per heavy atom. The van der Waals surface area contributed by atoms with Crippen LogP contribution in [-0.2, 0) is 0 Å². The van der Waals surface area contributed by atoms with Crippen molar-refractivity contribution in [2.24, 2.45) is 5.73 Å². The Morgan fingerprint density at radius 1 is 1.19 bits per heavy atom. The van der Waals surface area contributed by atoms with Crippen molar-refractivity contribution in [3.8, 4) is 0 Å². The predicted molar refractivity (Wildman–Crippen MR) is 66.4 cm³/mol. The van der Waals surface area contributed by atoms with Gasteiger partial charge in [-0.15, -0.1) is 0 Å². The molecule has 16 heavy (non-hydrogen) atoms. The summed E-state index contributed by atoms with van der Waals surface area (Å²) < 4.78 is 0. The molecule has 2 nitrogen and oxygen atoms in total. The second-order valence-electron chi connectivity index (χ2n) is 5.22. The summed E-state index contributed by atoms with van der Waals surface area (Å²) in [6.07, 6.45) is 3.81. The molecule has 0 aromatic heterocycles. The third-order valence-corrected chi connectivity index (χ3v) is 3.94. The molecule has 1 unspecified atom stereocenters. The lowest BCUT2D eigenvalue weighted by atomic mass is 10.1. The Kier molecular flexibility index (Phi) is 2.70. The zero-order valence-electron chi connectivity index (χ0n) is 9.68. The van der Waals surface area contributed by atoms with Gasteiger partial charge in [-0.25, -0.2) is 0 Å². The van der Waals surface area contributed by atoms with Crippen LogP contribution in [0, 0.1) is 0 Å². The third-order valence-electron chi connectivity index (χ3n) is 3.94. The van der Waals surface area contributed by atoms with E-state index in [0.29, 0.717) is 6.04 Å². The maximum Gasteiger partial charge on any atom is 0.0172 e. The molecule has 2 aliphatic rings. The van der Waals surface area contributed by atoms with Crippen molar-refractivity contribution in [1.82, 2.24) is 4.90 Å². The second kappa shape index (κ2) is 4.19. The number of nitrogens with zero attached hydrogens (tertiary/aromatic N) is 1. The summed E-state index contributed by atoms with van der Waals surface area (Å²) >= 11 is 0. The Hall–Kier alpha value is -0.860. The van der Waals surface area contributed by atoms with Gasteiger partial charge in [-0.3, -0.25) is 4.90 Å². The minimum Gasteiger partial charge on any atom is -0.327 e. The smallest absolute Gasteiger partial charge is 0.0172 e. The molecule has 3 atom stereocenters. The Balaban J connectivity index is 1.63. The monoisotopic (exact) mass is 216 g/mol. The SMILES string of the molecule is NC1CCCN([C@@H]2C[C@H]2c2ccccc2)C1. The lowest BCUT2D eigenvalue weighted by Gasteiger charge is -2.31. The van der Waals surface area contributed by atoms with Crippen LogP contribution in [0.1, 0.15) is 30.7 Å². The van der Waals surface area contributed by atoms with Gasteiger partial charge in [0.2, 0.25) is 0 Å². The highest BCUT2D eigenvalue weighted by atomic mass is 15.2. The van der Waals surface area contributed by atoms with Crippen molar-refractivity contribution in [3.05, 3.63) is 35.9 Å². The molecule has 2 N–H and O–H groups in total. The molecular weight excluding hydrogens is 196 g/mol. The Morgan fingerprint density at radius 2 is 2.00 bits per heavy atom. The molecule has 2 fully saturated rings. The number of piperidine rings is 1. The molecule has 1 aromatic rings. The number of nitrogens with two attached hydrogens (primary N) is 1. The van der Waals surface area contributed by atoms with Gasteiger partial charge >= 0.3 is 0 Å². The fraction of sp³-hybridized carbons (Fsp3) is 0.571. The van der Waals surface area contributed by atoms with E-state index in [1.165, 1.54) is 31.4 Å². The van der Waals surface area contributed by atoms with Crippen LogP contribution < -0.4 is 5.73 Å². The second-order valence-corrected chi connectivity index (χ2v) is 5.22. The number of hydrogen-bond donors (Lipinski definition) is 1. The number of benzene rings is 1. The van der Waals surface area contributed by atoms with Gasteiger partial charge in [0.1, 0.15) is 0 Å². The largest absolute Gasteiger partial charge is 0.327 e. The topological polar surface area (TPSA) is 29.3 Å². The van der Waals surface area contributed by atoms with Crippen molar-refractivity contribution in [2.75, 3.05) is 13.1 Å². The molecule has 3 rings (SSSR count). The van der Waals surface area contributed by atoms with Crippen molar-refractivity contribution >= 4 is 0 Å². The standard InChI is InChI=1S/C14H20N2/c15-12-7-4-8-16(10-12)14-9-13(14)11-5-2-1-3-6-11/h1-3,5-6,12-14H,4,7-10,15H2/t12?,13-,14+/m0/s1. The Labute approximate surface area is 97.4 Å². The molecule has 0 amide bonds. The van der Waals surface area contributed by atoms with E-state index >= 15 is 0 Å². The Bertz CT molecular complexity index is 349.